The van der Waals surface area contributed by atoms with Crippen molar-refractivity contribution in [1.82, 2.24) is 15.1 Å². The molecule has 31 heavy (non-hydrogen) atoms. The number of morpholine rings is 1. The molecule has 0 aliphatic carbocycles. The minimum atomic E-state index is -0.114. The second-order valence-electron chi connectivity index (χ2n) is 8.63. The van der Waals surface area contributed by atoms with Crippen LogP contribution in [0, 0.1) is 0 Å². The Balaban J connectivity index is 0.00000272. The fourth-order valence-electron chi connectivity index (χ4n) is 4.60. The predicted octanol–water partition coefficient (Wildman–Crippen LogP) is 2.22. The Bertz CT molecular complexity index is 689. The van der Waals surface area contributed by atoms with E-state index in [4.69, 9.17) is 9.47 Å². The highest BCUT2D eigenvalue weighted by molar-refractivity contribution is 14.0. The van der Waals surface area contributed by atoms with Crippen molar-refractivity contribution in [3.05, 3.63) is 35.4 Å². The Labute approximate surface area is 203 Å². The van der Waals surface area contributed by atoms with Gasteiger partial charge in [-0.2, -0.15) is 0 Å². The Kier molecular flexibility index (Phi) is 9.83. The minimum Gasteiger partial charge on any atom is -0.393 e. The molecule has 7 nitrogen and oxygen atoms in total. The van der Waals surface area contributed by atoms with Crippen molar-refractivity contribution in [3.8, 4) is 0 Å². The highest BCUT2D eigenvalue weighted by Gasteiger charge is 2.32. The fraction of sp³-hybridized carbons (Fsp3) is 0.696. The maximum atomic E-state index is 9.66. The summed E-state index contributed by atoms with van der Waals surface area (Å²) >= 11 is 0. The summed E-state index contributed by atoms with van der Waals surface area (Å²) in [7, 11) is 1.84. The summed E-state index contributed by atoms with van der Waals surface area (Å²) in [6.45, 7) is 6.92. The number of ether oxygens (including phenoxy) is 2. The number of hydrogen-bond acceptors (Lipinski definition) is 5. The third-order valence-corrected chi connectivity index (χ3v) is 6.42. The zero-order chi connectivity index (χ0) is 20.8. The van der Waals surface area contributed by atoms with Crippen molar-refractivity contribution in [3.63, 3.8) is 0 Å². The van der Waals surface area contributed by atoms with Crippen molar-refractivity contribution in [2.45, 2.75) is 57.1 Å². The monoisotopic (exact) mass is 544 g/mol. The van der Waals surface area contributed by atoms with Gasteiger partial charge in [0, 0.05) is 52.9 Å². The van der Waals surface area contributed by atoms with E-state index < -0.39 is 0 Å². The van der Waals surface area contributed by atoms with Crippen LogP contribution in [0.15, 0.2) is 29.3 Å². The van der Waals surface area contributed by atoms with E-state index >= 15 is 0 Å². The van der Waals surface area contributed by atoms with E-state index in [1.54, 1.807) is 0 Å². The number of aliphatic imine (C=N–C) groups is 1. The number of benzene rings is 1. The van der Waals surface area contributed by atoms with Gasteiger partial charge in [-0.15, -0.1) is 24.0 Å². The molecule has 4 rings (SSSR count). The molecule has 0 radical (unpaired) electrons. The molecule has 3 aliphatic heterocycles. The lowest BCUT2D eigenvalue weighted by molar-refractivity contribution is -0.0817. The molecule has 0 spiro atoms. The van der Waals surface area contributed by atoms with Gasteiger partial charge in [0.15, 0.2) is 5.96 Å². The number of aliphatic hydroxyl groups is 1. The third-order valence-electron chi connectivity index (χ3n) is 6.42. The molecule has 0 amide bonds. The summed E-state index contributed by atoms with van der Waals surface area (Å²) in [6, 6.07) is 8.83. The molecule has 3 saturated heterocycles. The molecule has 3 heterocycles. The van der Waals surface area contributed by atoms with Gasteiger partial charge in [0.25, 0.3) is 0 Å². The molecule has 174 valence electrons. The Morgan fingerprint density at radius 3 is 2.42 bits per heavy atom. The van der Waals surface area contributed by atoms with Crippen LogP contribution in [0.1, 0.15) is 36.8 Å². The smallest absolute Gasteiger partial charge is 0.194 e. The summed E-state index contributed by atoms with van der Waals surface area (Å²) < 4.78 is 11.8. The van der Waals surface area contributed by atoms with Gasteiger partial charge in [-0.25, -0.2) is 0 Å². The van der Waals surface area contributed by atoms with Gasteiger partial charge in [0.05, 0.1) is 18.8 Å². The van der Waals surface area contributed by atoms with Crippen LogP contribution in [0.3, 0.4) is 0 Å². The first-order valence-electron chi connectivity index (χ1n) is 11.4. The van der Waals surface area contributed by atoms with Crippen LogP contribution < -0.4 is 5.32 Å². The van der Waals surface area contributed by atoms with Crippen LogP contribution >= 0.6 is 24.0 Å². The average Bonchev–Trinajstić information content (AvgIpc) is 3.32. The largest absolute Gasteiger partial charge is 0.393 e. The number of halogens is 1. The first-order valence-corrected chi connectivity index (χ1v) is 11.4. The molecule has 8 heteroatoms. The number of guanidine groups is 1. The molecule has 2 atom stereocenters. The highest BCUT2D eigenvalue weighted by Crippen LogP contribution is 2.21. The van der Waals surface area contributed by atoms with E-state index in [-0.39, 0.29) is 42.3 Å². The van der Waals surface area contributed by atoms with Crippen LogP contribution in [-0.2, 0) is 22.6 Å². The molecule has 2 unspecified atom stereocenters. The average molecular weight is 544 g/mol. The molecule has 2 N–H and O–H groups in total. The number of nitrogens with zero attached hydrogens (tertiary/aromatic N) is 3. The van der Waals surface area contributed by atoms with Crippen molar-refractivity contribution in [2.24, 2.45) is 4.99 Å². The second kappa shape index (κ2) is 12.3. The molecule has 3 aliphatic rings. The van der Waals surface area contributed by atoms with Crippen molar-refractivity contribution in [1.29, 1.82) is 0 Å². The predicted molar refractivity (Wildman–Crippen MR) is 133 cm³/mol. The lowest BCUT2D eigenvalue weighted by Gasteiger charge is -2.37. The van der Waals surface area contributed by atoms with Gasteiger partial charge in [0.2, 0.25) is 0 Å². The minimum absolute atomic E-state index is 0. The van der Waals surface area contributed by atoms with E-state index in [1.807, 2.05) is 7.05 Å². The fourth-order valence-corrected chi connectivity index (χ4v) is 4.60. The molecule has 0 saturated carbocycles. The Morgan fingerprint density at radius 1 is 1.03 bits per heavy atom. The number of aliphatic hydroxyl groups excluding tert-OH is 1. The van der Waals surface area contributed by atoms with Crippen LogP contribution in [-0.4, -0.2) is 85.6 Å². The van der Waals surface area contributed by atoms with E-state index in [9.17, 15) is 5.11 Å². The molecular weight excluding hydrogens is 507 g/mol. The first kappa shape index (κ1) is 24.7. The maximum absolute atomic E-state index is 9.66. The molecule has 3 fully saturated rings. The number of rotatable bonds is 5. The van der Waals surface area contributed by atoms with E-state index in [0.717, 1.165) is 77.5 Å². The highest BCUT2D eigenvalue weighted by atomic mass is 127. The summed E-state index contributed by atoms with van der Waals surface area (Å²) in [5.41, 5.74) is 2.57. The first-order chi connectivity index (χ1) is 14.7. The van der Waals surface area contributed by atoms with Gasteiger partial charge in [0.1, 0.15) is 6.10 Å². The quantitative estimate of drug-likeness (QED) is 0.337. The Hall–Kier alpha value is -0.940. The van der Waals surface area contributed by atoms with Gasteiger partial charge in [-0.1, -0.05) is 24.3 Å². The number of piperidine rings is 1. The number of hydrogen-bond donors (Lipinski definition) is 2. The van der Waals surface area contributed by atoms with Crippen molar-refractivity contribution < 1.29 is 14.6 Å². The zero-order valence-electron chi connectivity index (χ0n) is 18.5. The Morgan fingerprint density at radius 2 is 1.74 bits per heavy atom. The summed E-state index contributed by atoms with van der Waals surface area (Å²) in [6.07, 6.45) is 4.24. The van der Waals surface area contributed by atoms with Crippen LogP contribution in [0.5, 0.6) is 0 Å². The molecule has 0 aromatic heterocycles. The summed E-state index contributed by atoms with van der Waals surface area (Å²) in [4.78, 5) is 9.20. The van der Waals surface area contributed by atoms with Gasteiger partial charge < -0.3 is 24.8 Å². The standard InChI is InChI=1S/C23H36N4O3.HI/c1-24-23(27-12-14-30-22(17-27)21-3-2-13-29-21)25-15-18-4-6-19(7-5-18)16-26-10-8-20(28)9-11-26;/h4-7,20-22,28H,2-3,8-17H2,1H3,(H,24,25);1H. The van der Waals surface area contributed by atoms with Gasteiger partial charge in [-0.05, 0) is 36.8 Å². The molecule has 0 bridgehead atoms. The maximum Gasteiger partial charge on any atom is 0.194 e. The van der Waals surface area contributed by atoms with Crippen molar-refractivity contribution in [2.75, 3.05) is 46.4 Å². The van der Waals surface area contributed by atoms with Gasteiger partial charge in [-0.3, -0.25) is 9.89 Å². The lowest BCUT2D eigenvalue weighted by Crippen LogP contribution is -2.53. The van der Waals surface area contributed by atoms with Crippen molar-refractivity contribution >= 4 is 29.9 Å². The zero-order valence-corrected chi connectivity index (χ0v) is 20.9. The van der Waals surface area contributed by atoms with Crippen LogP contribution in [0.2, 0.25) is 0 Å². The van der Waals surface area contributed by atoms with Gasteiger partial charge >= 0.3 is 0 Å². The SMILES string of the molecule is CN=C(NCc1ccc(CN2CCC(O)CC2)cc1)N1CCOC(C2CCCO2)C1.I. The van der Waals surface area contributed by atoms with Crippen LogP contribution in [0.25, 0.3) is 0 Å². The number of likely N-dealkylation sites (tertiary alicyclic amines) is 1. The van der Waals surface area contributed by atoms with E-state index in [2.05, 4.69) is 44.4 Å². The molecule has 1 aromatic rings. The summed E-state index contributed by atoms with van der Waals surface area (Å²) in [5, 5.41) is 13.2. The topological polar surface area (TPSA) is 69.6 Å². The molecule has 1 aromatic carbocycles. The van der Waals surface area contributed by atoms with E-state index in [0.29, 0.717) is 6.61 Å². The lowest BCUT2D eigenvalue weighted by atomic mass is 10.1. The number of nitrogens with one attached hydrogen (secondary N) is 1. The summed E-state index contributed by atoms with van der Waals surface area (Å²) in [5.74, 6) is 0.928. The van der Waals surface area contributed by atoms with Crippen LogP contribution in [0.4, 0.5) is 0 Å². The normalized spacial score (nSPS) is 26.0. The third kappa shape index (κ3) is 7.02. The second-order valence-corrected chi connectivity index (χ2v) is 8.63. The van der Waals surface area contributed by atoms with E-state index in [1.165, 1.54) is 11.1 Å². The molecular formula is C23H37IN4O3.